The van der Waals surface area contributed by atoms with Crippen molar-refractivity contribution < 1.29 is 19.1 Å². The molecular weight excluding hydrogens is 460 g/mol. The van der Waals surface area contributed by atoms with Crippen LogP contribution < -0.4 is 10.9 Å². The summed E-state index contributed by atoms with van der Waals surface area (Å²) < 4.78 is 9.40. The van der Waals surface area contributed by atoms with Crippen molar-refractivity contribution in [1.29, 1.82) is 0 Å². The molecule has 0 aliphatic rings. The molecule has 1 heterocycles. The second-order valence-electron chi connectivity index (χ2n) is 7.41. The van der Waals surface area contributed by atoms with Gasteiger partial charge in [0.15, 0.2) is 11.6 Å². The summed E-state index contributed by atoms with van der Waals surface area (Å²) in [5.74, 6) is 0.155. The summed E-state index contributed by atoms with van der Waals surface area (Å²) in [6.45, 7) is 0. The number of rotatable bonds is 8. The van der Waals surface area contributed by atoms with Gasteiger partial charge < -0.3 is 9.47 Å². The zero-order valence-corrected chi connectivity index (χ0v) is 19.5. The van der Waals surface area contributed by atoms with E-state index in [1.165, 1.54) is 14.2 Å². The second kappa shape index (κ2) is 11.3. The van der Waals surface area contributed by atoms with Gasteiger partial charge in [0.25, 0.3) is 0 Å². The number of carbonyl (C=O) groups is 2. The molecule has 10 heteroatoms. The van der Waals surface area contributed by atoms with Crippen LogP contribution in [0.15, 0.2) is 83.0 Å². The third kappa shape index (κ3) is 5.68. The number of ether oxygens (including phenoxy) is 2. The minimum Gasteiger partial charge on any atom is -0.465 e. The van der Waals surface area contributed by atoms with Crippen LogP contribution in [0.5, 0.6) is 0 Å². The maximum atomic E-state index is 11.5. The highest BCUT2D eigenvalue weighted by atomic mass is 16.5. The van der Waals surface area contributed by atoms with E-state index in [2.05, 4.69) is 31.3 Å². The summed E-state index contributed by atoms with van der Waals surface area (Å²) >= 11 is 0. The van der Waals surface area contributed by atoms with E-state index in [-0.39, 0.29) is 0 Å². The largest absolute Gasteiger partial charge is 0.465 e. The van der Waals surface area contributed by atoms with Crippen LogP contribution in [0.4, 0.5) is 11.6 Å². The molecule has 0 radical (unpaired) electrons. The van der Waals surface area contributed by atoms with Crippen molar-refractivity contribution in [3.05, 3.63) is 95.1 Å². The number of esters is 2. The van der Waals surface area contributed by atoms with Crippen molar-refractivity contribution in [2.75, 3.05) is 25.1 Å². The molecule has 0 amide bonds. The number of methoxy groups -OCH3 is 2. The van der Waals surface area contributed by atoms with E-state index in [0.29, 0.717) is 22.8 Å². The first-order valence-corrected chi connectivity index (χ1v) is 10.8. The van der Waals surface area contributed by atoms with Crippen LogP contribution in [0.25, 0.3) is 10.8 Å². The van der Waals surface area contributed by atoms with E-state index in [1.54, 1.807) is 61.0 Å². The van der Waals surface area contributed by atoms with E-state index in [4.69, 9.17) is 9.47 Å². The third-order valence-electron chi connectivity index (χ3n) is 5.12. The van der Waals surface area contributed by atoms with Crippen molar-refractivity contribution in [1.82, 2.24) is 10.2 Å². The van der Waals surface area contributed by atoms with Gasteiger partial charge in [-0.15, -0.1) is 10.2 Å². The molecule has 0 fully saturated rings. The van der Waals surface area contributed by atoms with Crippen LogP contribution in [-0.4, -0.2) is 48.8 Å². The summed E-state index contributed by atoms with van der Waals surface area (Å²) in [6.07, 6.45) is 3.22. The molecule has 0 atom stereocenters. The number of hydrogen-bond acceptors (Lipinski definition) is 10. The van der Waals surface area contributed by atoms with Crippen LogP contribution in [0, 0.1) is 0 Å². The molecule has 36 heavy (non-hydrogen) atoms. The van der Waals surface area contributed by atoms with E-state index in [0.717, 1.165) is 21.9 Å². The minimum atomic E-state index is -0.395. The molecule has 0 bridgehead atoms. The fraction of sp³-hybridized carbons (Fsp3) is 0.0769. The van der Waals surface area contributed by atoms with Crippen molar-refractivity contribution >= 4 is 46.8 Å². The van der Waals surface area contributed by atoms with Crippen LogP contribution in [0.3, 0.4) is 0 Å². The van der Waals surface area contributed by atoms with Crippen molar-refractivity contribution in [2.45, 2.75) is 0 Å². The molecule has 180 valence electrons. The number of benzene rings is 3. The zero-order valence-electron chi connectivity index (χ0n) is 19.5. The molecule has 0 aliphatic carbocycles. The lowest BCUT2D eigenvalue weighted by molar-refractivity contribution is 0.0592. The second-order valence-corrected chi connectivity index (χ2v) is 7.41. The Morgan fingerprint density at radius 1 is 0.667 bits per heavy atom. The van der Waals surface area contributed by atoms with Gasteiger partial charge in [-0.25, -0.2) is 9.59 Å². The summed E-state index contributed by atoms with van der Waals surface area (Å²) in [4.78, 5) is 23.1. The van der Waals surface area contributed by atoms with Gasteiger partial charge in [-0.2, -0.15) is 10.2 Å². The van der Waals surface area contributed by atoms with E-state index >= 15 is 0 Å². The molecule has 0 saturated carbocycles. The van der Waals surface area contributed by atoms with Crippen LogP contribution >= 0.6 is 0 Å². The molecule has 0 aliphatic heterocycles. The first kappa shape index (κ1) is 24.0. The average molecular weight is 483 g/mol. The summed E-state index contributed by atoms with van der Waals surface area (Å²) in [5, 5.41) is 18.5. The van der Waals surface area contributed by atoms with E-state index in [1.807, 2.05) is 24.3 Å². The molecule has 0 spiro atoms. The fourth-order valence-electron chi connectivity index (χ4n) is 3.25. The highest BCUT2D eigenvalue weighted by Gasteiger charge is 2.08. The van der Waals surface area contributed by atoms with Gasteiger partial charge in [0.05, 0.1) is 37.8 Å². The summed E-state index contributed by atoms with van der Waals surface area (Å²) in [6, 6.07) is 21.3. The predicted molar refractivity (Wildman–Crippen MR) is 138 cm³/mol. The smallest absolute Gasteiger partial charge is 0.337 e. The van der Waals surface area contributed by atoms with Gasteiger partial charge in [0.2, 0.25) is 0 Å². The molecular formula is C26H22N6O4. The van der Waals surface area contributed by atoms with Gasteiger partial charge in [-0.1, -0.05) is 48.5 Å². The minimum absolute atomic E-state index is 0.395. The Morgan fingerprint density at radius 3 is 1.42 bits per heavy atom. The number of nitrogens with one attached hydrogen (secondary N) is 2. The number of hydrazone groups is 2. The topological polar surface area (TPSA) is 127 Å². The SMILES string of the molecule is COC(=O)c1ccc(/C=N/Nc2nnc(N/N=C/c3ccc(C(=O)OC)cc3)c3ccccc23)cc1. The predicted octanol–water partition coefficient (Wildman–Crippen LogP) is 4.10. The van der Waals surface area contributed by atoms with Gasteiger partial charge >= 0.3 is 11.9 Å². The van der Waals surface area contributed by atoms with Crippen LogP contribution in [-0.2, 0) is 9.47 Å². The lowest BCUT2D eigenvalue weighted by Crippen LogP contribution is -2.02. The van der Waals surface area contributed by atoms with Gasteiger partial charge in [-0.3, -0.25) is 10.9 Å². The average Bonchev–Trinajstić information content (AvgIpc) is 2.93. The number of hydrogen-bond donors (Lipinski definition) is 2. The Morgan fingerprint density at radius 2 is 1.06 bits per heavy atom. The fourth-order valence-corrected chi connectivity index (χ4v) is 3.25. The number of carbonyl (C=O) groups excluding carboxylic acids is 2. The van der Waals surface area contributed by atoms with E-state index < -0.39 is 11.9 Å². The zero-order chi connectivity index (χ0) is 25.3. The molecule has 10 nitrogen and oxygen atoms in total. The molecule has 2 N–H and O–H groups in total. The quantitative estimate of drug-likeness (QED) is 0.218. The number of anilines is 2. The number of fused-ring (bicyclic) bond motifs is 1. The highest BCUT2D eigenvalue weighted by Crippen LogP contribution is 2.25. The first-order chi connectivity index (χ1) is 17.6. The molecule has 1 aromatic heterocycles. The lowest BCUT2D eigenvalue weighted by Gasteiger charge is -2.08. The normalized spacial score (nSPS) is 11.1. The van der Waals surface area contributed by atoms with Gasteiger partial charge in [0, 0.05) is 10.8 Å². The first-order valence-electron chi connectivity index (χ1n) is 10.8. The molecule has 0 unspecified atom stereocenters. The Balaban J connectivity index is 1.45. The summed E-state index contributed by atoms with van der Waals surface area (Å²) in [7, 11) is 2.68. The van der Waals surface area contributed by atoms with Crippen molar-refractivity contribution in [3.8, 4) is 0 Å². The lowest BCUT2D eigenvalue weighted by atomic mass is 10.1. The van der Waals surface area contributed by atoms with Gasteiger partial charge in [0.1, 0.15) is 0 Å². The molecule has 0 saturated heterocycles. The highest BCUT2D eigenvalue weighted by molar-refractivity contribution is 5.99. The molecule has 4 aromatic rings. The summed E-state index contributed by atoms with van der Waals surface area (Å²) in [5.41, 5.74) is 8.33. The third-order valence-corrected chi connectivity index (χ3v) is 5.12. The monoisotopic (exact) mass is 482 g/mol. The Labute approximate surface area is 206 Å². The van der Waals surface area contributed by atoms with Crippen LogP contribution in [0.2, 0.25) is 0 Å². The molecule has 3 aromatic carbocycles. The van der Waals surface area contributed by atoms with Crippen molar-refractivity contribution in [3.63, 3.8) is 0 Å². The Hall–Kier alpha value is -5.12. The maximum absolute atomic E-state index is 11.5. The van der Waals surface area contributed by atoms with E-state index in [9.17, 15) is 9.59 Å². The van der Waals surface area contributed by atoms with Crippen LogP contribution in [0.1, 0.15) is 31.8 Å². The molecule has 4 rings (SSSR count). The Bertz CT molecular complexity index is 1320. The maximum Gasteiger partial charge on any atom is 0.337 e. The van der Waals surface area contributed by atoms with Crippen molar-refractivity contribution in [2.24, 2.45) is 10.2 Å². The Kier molecular flexibility index (Phi) is 7.57. The van der Waals surface area contributed by atoms with Gasteiger partial charge in [-0.05, 0) is 35.4 Å². The number of aromatic nitrogens is 2. The standard InChI is InChI=1S/C26H22N6O4/c1-35-25(33)19-11-7-17(8-12-19)15-27-29-23-21-5-3-4-6-22(21)24(32-31-23)30-28-16-18-9-13-20(14-10-18)26(34)36-2/h3-16H,1-2H3,(H,29,31)(H,30,32)/b27-15+,28-16+. The number of nitrogens with zero attached hydrogens (tertiary/aromatic N) is 4.